The van der Waals surface area contributed by atoms with Gasteiger partial charge in [-0.15, -0.1) is 0 Å². The van der Waals surface area contributed by atoms with Crippen LogP contribution in [0.1, 0.15) is 6.92 Å². The minimum Gasteiger partial charge on any atom is -0.495 e. The van der Waals surface area contributed by atoms with Crippen molar-refractivity contribution >= 4 is 33.2 Å². The van der Waals surface area contributed by atoms with E-state index in [0.29, 0.717) is 16.5 Å². The predicted molar refractivity (Wildman–Crippen MR) is 119 cm³/mol. The van der Waals surface area contributed by atoms with Crippen molar-refractivity contribution in [3.05, 3.63) is 77.6 Å². The van der Waals surface area contributed by atoms with E-state index in [4.69, 9.17) is 21.1 Å². The van der Waals surface area contributed by atoms with Gasteiger partial charge in [-0.1, -0.05) is 29.8 Å². The highest BCUT2D eigenvalue weighted by atomic mass is 35.5. The third-order valence-electron chi connectivity index (χ3n) is 4.31. The number of nitrogens with one attached hydrogen (secondary N) is 2. The van der Waals surface area contributed by atoms with Gasteiger partial charge < -0.3 is 14.8 Å². The first-order chi connectivity index (χ1) is 15.2. The first-order valence-corrected chi connectivity index (χ1v) is 11.2. The van der Waals surface area contributed by atoms with Gasteiger partial charge in [0.15, 0.2) is 5.75 Å². The van der Waals surface area contributed by atoms with Crippen LogP contribution in [0.2, 0.25) is 5.02 Å². The van der Waals surface area contributed by atoms with E-state index in [-0.39, 0.29) is 11.4 Å². The van der Waals surface area contributed by atoms with Gasteiger partial charge in [0, 0.05) is 5.02 Å². The van der Waals surface area contributed by atoms with Crippen LogP contribution in [0.15, 0.2) is 71.6 Å². The van der Waals surface area contributed by atoms with Crippen LogP contribution in [0.4, 0.5) is 10.1 Å². The molecule has 0 radical (unpaired) electrons. The number of amides is 1. The molecule has 3 aromatic carbocycles. The maximum Gasteiger partial charge on any atom is 0.245 e. The third kappa shape index (κ3) is 5.76. The van der Waals surface area contributed by atoms with Crippen molar-refractivity contribution in [3.63, 3.8) is 0 Å². The van der Waals surface area contributed by atoms with Crippen molar-refractivity contribution in [2.45, 2.75) is 17.9 Å². The largest absolute Gasteiger partial charge is 0.495 e. The molecule has 3 aromatic rings. The Morgan fingerprint density at radius 1 is 1.03 bits per heavy atom. The summed E-state index contributed by atoms with van der Waals surface area (Å²) >= 11 is 6.05. The Morgan fingerprint density at radius 3 is 2.41 bits per heavy atom. The average Bonchev–Trinajstić information content (AvgIpc) is 2.76. The Bertz CT molecular complexity index is 1220. The minimum atomic E-state index is -4.26. The summed E-state index contributed by atoms with van der Waals surface area (Å²) in [5, 5.41) is 2.95. The van der Waals surface area contributed by atoms with Crippen LogP contribution in [0.3, 0.4) is 0 Å². The van der Waals surface area contributed by atoms with Crippen LogP contribution < -0.4 is 19.5 Å². The molecule has 0 aliphatic rings. The van der Waals surface area contributed by atoms with Crippen molar-refractivity contribution in [2.75, 3.05) is 12.4 Å². The van der Waals surface area contributed by atoms with E-state index in [1.807, 2.05) is 6.07 Å². The fraction of sp³-hybridized carbons (Fsp3) is 0.136. The van der Waals surface area contributed by atoms with Crippen molar-refractivity contribution < 1.29 is 27.1 Å². The topological polar surface area (TPSA) is 93.7 Å². The van der Waals surface area contributed by atoms with Gasteiger partial charge in [-0.05, 0) is 55.5 Å². The molecule has 0 aliphatic heterocycles. The zero-order valence-electron chi connectivity index (χ0n) is 17.1. The summed E-state index contributed by atoms with van der Waals surface area (Å²) in [6.45, 7) is 1.35. The molecule has 0 aliphatic carbocycles. The van der Waals surface area contributed by atoms with Crippen molar-refractivity contribution in [1.29, 1.82) is 0 Å². The highest BCUT2D eigenvalue weighted by Gasteiger charge is 2.26. The van der Waals surface area contributed by atoms with Gasteiger partial charge in [-0.3, -0.25) is 4.79 Å². The summed E-state index contributed by atoms with van der Waals surface area (Å²) in [7, 11) is -3.00. The SMILES string of the molecule is COc1ccc(F)cc1S(=O)(=O)NC(C)C(=O)Nc1cc(Cl)ccc1Oc1ccccc1. The second-order valence-corrected chi connectivity index (χ2v) is 8.80. The molecule has 1 amide bonds. The zero-order valence-corrected chi connectivity index (χ0v) is 18.7. The normalized spacial score (nSPS) is 12.1. The molecular weight excluding hydrogens is 459 g/mol. The number of ether oxygens (including phenoxy) is 2. The van der Waals surface area contributed by atoms with Crippen LogP contribution in [0, 0.1) is 5.82 Å². The van der Waals surface area contributed by atoms with Gasteiger partial charge in [0.2, 0.25) is 15.9 Å². The molecule has 10 heteroatoms. The lowest BCUT2D eigenvalue weighted by molar-refractivity contribution is -0.117. The minimum absolute atomic E-state index is 0.0557. The lowest BCUT2D eigenvalue weighted by Crippen LogP contribution is -2.41. The summed E-state index contributed by atoms with van der Waals surface area (Å²) < 4.78 is 52.0. The number of carbonyl (C=O) groups excluding carboxylic acids is 1. The summed E-state index contributed by atoms with van der Waals surface area (Å²) in [6, 6.07) is 15.4. The summed E-state index contributed by atoms with van der Waals surface area (Å²) in [4.78, 5) is 12.3. The molecule has 0 aromatic heterocycles. The molecule has 168 valence electrons. The monoisotopic (exact) mass is 478 g/mol. The first-order valence-electron chi connectivity index (χ1n) is 9.39. The molecule has 1 unspecified atom stereocenters. The lowest BCUT2D eigenvalue weighted by Gasteiger charge is -2.17. The Kier molecular flexibility index (Phi) is 7.34. The molecule has 3 rings (SSSR count). The van der Waals surface area contributed by atoms with Gasteiger partial charge >= 0.3 is 0 Å². The fourth-order valence-corrected chi connectivity index (χ4v) is 4.31. The summed E-state index contributed by atoms with van der Waals surface area (Å²) in [5.74, 6) is -0.637. The molecule has 32 heavy (non-hydrogen) atoms. The number of anilines is 1. The van der Waals surface area contributed by atoms with Crippen molar-refractivity contribution in [3.8, 4) is 17.2 Å². The maximum atomic E-state index is 13.6. The van der Waals surface area contributed by atoms with Crippen LogP contribution in [-0.4, -0.2) is 27.5 Å². The zero-order chi connectivity index (χ0) is 23.3. The smallest absolute Gasteiger partial charge is 0.245 e. The molecule has 0 saturated carbocycles. The number of para-hydroxylation sites is 1. The molecule has 0 bridgehead atoms. The van der Waals surface area contributed by atoms with Gasteiger partial charge in [0.1, 0.15) is 22.2 Å². The molecule has 7 nitrogen and oxygen atoms in total. The van der Waals surface area contributed by atoms with Crippen LogP contribution in [-0.2, 0) is 14.8 Å². The number of methoxy groups -OCH3 is 1. The van der Waals surface area contributed by atoms with Crippen LogP contribution >= 0.6 is 11.6 Å². The fourth-order valence-electron chi connectivity index (χ4n) is 2.76. The van der Waals surface area contributed by atoms with Gasteiger partial charge in [0.25, 0.3) is 0 Å². The molecule has 2 N–H and O–H groups in total. The summed E-state index contributed by atoms with van der Waals surface area (Å²) in [5.41, 5.74) is 0.251. The maximum absolute atomic E-state index is 13.6. The van der Waals surface area contributed by atoms with E-state index >= 15 is 0 Å². The van der Waals surface area contributed by atoms with Crippen LogP contribution in [0.5, 0.6) is 17.2 Å². The second kappa shape index (κ2) is 9.99. The van der Waals surface area contributed by atoms with Gasteiger partial charge in [-0.25, -0.2) is 12.8 Å². The number of hydrogen-bond acceptors (Lipinski definition) is 5. The lowest BCUT2D eigenvalue weighted by atomic mass is 10.2. The van der Waals surface area contributed by atoms with Crippen molar-refractivity contribution in [1.82, 2.24) is 4.72 Å². The molecule has 0 spiro atoms. The van der Waals surface area contributed by atoms with E-state index in [2.05, 4.69) is 10.0 Å². The number of sulfonamides is 1. The number of halogens is 2. The Balaban J connectivity index is 1.79. The van der Waals surface area contributed by atoms with E-state index in [1.165, 1.54) is 26.2 Å². The second-order valence-electron chi connectivity index (χ2n) is 6.68. The highest BCUT2D eigenvalue weighted by molar-refractivity contribution is 7.89. The van der Waals surface area contributed by atoms with Crippen molar-refractivity contribution in [2.24, 2.45) is 0 Å². The Morgan fingerprint density at radius 2 is 1.72 bits per heavy atom. The molecule has 1 atom stereocenters. The number of rotatable bonds is 8. The van der Waals surface area contributed by atoms with Gasteiger partial charge in [0.05, 0.1) is 18.8 Å². The number of hydrogen-bond donors (Lipinski definition) is 2. The van der Waals surface area contributed by atoms with E-state index in [1.54, 1.807) is 36.4 Å². The molecule has 0 fully saturated rings. The standard InChI is InChI=1S/C22H20ClFN2O5S/c1-14(26-32(28,29)21-13-16(24)9-11-20(21)30-2)22(27)25-18-12-15(23)8-10-19(18)31-17-6-4-3-5-7-17/h3-14,26H,1-2H3,(H,25,27). The predicted octanol–water partition coefficient (Wildman–Crippen LogP) is 4.59. The quantitative estimate of drug-likeness (QED) is 0.494. The average molecular weight is 479 g/mol. The third-order valence-corrected chi connectivity index (χ3v) is 6.11. The molecule has 0 saturated heterocycles. The number of benzene rings is 3. The number of carbonyl (C=O) groups is 1. The van der Waals surface area contributed by atoms with E-state index in [0.717, 1.165) is 12.1 Å². The first kappa shape index (κ1) is 23.5. The Labute approximate surface area is 190 Å². The molecular formula is C22H20ClFN2O5S. The summed E-state index contributed by atoms with van der Waals surface area (Å²) in [6.07, 6.45) is 0. The molecule has 0 heterocycles. The Hall–Kier alpha value is -3.14. The van der Waals surface area contributed by atoms with E-state index in [9.17, 15) is 17.6 Å². The van der Waals surface area contributed by atoms with Crippen LogP contribution in [0.25, 0.3) is 0 Å². The van der Waals surface area contributed by atoms with Gasteiger partial charge in [-0.2, -0.15) is 4.72 Å². The highest BCUT2D eigenvalue weighted by Crippen LogP contribution is 2.32. The van der Waals surface area contributed by atoms with E-state index < -0.39 is 32.7 Å².